The molecule has 0 aliphatic heterocycles. The Kier molecular flexibility index (Phi) is 4.87. The van der Waals surface area contributed by atoms with Crippen molar-refractivity contribution in [1.29, 1.82) is 0 Å². The van der Waals surface area contributed by atoms with Gasteiger partial charge in [0.25, 0.3) is 10.0 Å². The second-order valence-corrected chi connectivity index (χ2v) is 9.07. The Bertz CT molecular complexity index is 522. The van der Waals surface area contributed by atoms with Crippen molar-refractivity contribution in [1.82, 2.24) is 9.29 Å². The average molecular weight is 323 g/mol. The molecule has 1 aliphatic carbocycles. The molecule has 1 fully saturated rings. The van der Waals surface area contributed by atoms with Crippen molar-refractivity contribution in [3.63, 3.8) is 0 Å². The highest BCUT2D eigenvalue weighted by atomic mass is 35.5. The van der Waals surface area contributed by atoms with E-state index in [2.05, 4.69) is 4.98 Å². The smallest absolute Gasteiger partial charge is 0.232 e. The summed E-state index contributed by atoms with van der Waals surface area (Å²) in [5.74, 6) is 0.304. The number of hydrogen-bond acceptors (Lipinski definition) is 4. The highest BCUT2D eigenvalue weighted by molar-refractivity contribution is 7.91. The van der Waals surface area contributed by atoms with Crippen molar-refractivity contribution in [2.45, 2.75) is 49.8 Å². The van der Waals surface area contributed by atoms with E-state index in [0.29, 0.717) is 12.5 Å². The van der Waals surface area contributed by atoms with Gasteiger partial charge in [0, 0.05) is 12.6 Å². The number of aromatic nitrogens is 1. The van der Waals surface area contributed by atoms with Gasteiger partial charge in [0.1, 0.15) is 0 Å². The summed E-state index contributed by atoms with van der Waals surface area (Å²) < 4.78 is 27.6. The molecule has 19 heavy (non-hydrogen) atoms. The summed E-state index contributed by atoms with van der Waals surface area (Å²) in [4.78, 5) is 3.85. The lowest BCUT2D eigenvalue weighted by Gasteiger charge is -2.28. The van der Waals surface area contributed by atoms with Gasteiger partial charge in [-0.1, -0.05) is 49.6 Å². The quantitative estimate of drug-likeness (QED) is 0.835. The Balaban J connectivity index is 2.30. The third-order valence-corrected chi connectivity index (χ3v) is 6.77. The molecule has 108 valence electrons. The van der Waals surface area contributed by atoms with Crippen molar-refractivity contribution in [2.24, 2.45) is 5.92 Å². The van der Waals surface area contributed by atoms with E-state index < -0.39 is 10.0 Å². The van der Waals surface area contributed by atoms with Gasteiger partial charge in [-0.2, -0.15) is 4.31 Å². The lowest BCUT2D eigenvalue weighted by Crippen LogP contribution is -2.40. The van der Waals surface area contributed by atoms with Crippen LogP contribution in [0, 0.1) is 5.92 Å². The van der Waals surface area contributed by atoms with Gasteiger partial charge in [0.2, 0.25) is 0 Å². The molecule has 4 nitrogen and oxygen atoms in total. The van der Waals surface area contributed by atoms with Gasteiger partial charge in [-0.25, -0.2) is 13.4 Å². The lowest BCUT2D eigenvalue weighted by atomic mass is 10.2. The highest BCUT2D eigenvalue weighted by Crippen LogP contribution is 2.32. The minimum atomic E-state index is -3.45. The van der Waals surface area contributed by atoms with Gasteiger partial charge < -0.3 is 0 Å². The van der Waals surface area contributed by atoms with E-state index in [1.54, 1.807) is 4.31 Å². The van der Waals surface area contributed by atoms with Crippen LogP contribution < -0.4 is 0 Å². The monoisotopic (exact) mass is 322 g/mol. The second kappa shape index (κ2) is 6.08. The van der Waals surface area contributed by atoms with Gasteiger partial charge in [-0.3, -0.25) is 0 Å². The van der Waals surface area contributed by atoms with E-state index >= 15 is 0 Å². The van der Waals surface area contributed by atoms with Crippen LogP contribution in [-0.2, 0) is 10.0 Å². The Morgan fingerprint density at radius 3 is 2.58 bits per heavy atom. The standard InChI is InChI=1S/C12H19ClN2O2S2/c1-9(2)8-15(10-5-3-4-6-10)19(16,17)11-7-14-12(13)18-11/h7,9-10H,3-6,8H2,1-2H3. The molecule has 1 aromatic heterocycles. The predicted octanol–water partition coefficient (Wildman–Crippen LogP) is 3.39. The van der Waals surface area contributed by atoms with Crippen LogP contribution in [-0.4, -0.2) is 30.3 Å². The molecule has 1 aliphatic rings. The molecule has 0 radical (unpaired) electrons. The van der Waals surface area contributed by atoms with Crippen LogP contribution in [0.4, 0.5) is 0 Å². The lowest BCUT2D eigenvalue weighted by molar-refractivity contribution is 0.293. The minimum absolute atomic E-state index is 0.133. The van der Waals surface area contributed by atoms with E-state index in [4.69, 9.17) is 11.6 Å². The van der Waals surface area contributed by atoms with Crippen molar-refractivity contribution < 1.29 is 8.42 Å². The molecule has 7 heteroatoms. The Hall–Kier alpha value is -0.170. The van der Waals surface area contributed by atoms with Gasteiger partial charge >= 0.3 is 0 Å². The molecular formula is C12H19ClN2O2S2. The topological polar surface area (TPSA) is 50.3 Å². The zero-order chi connectivity index (χ0) is 14.0. The fourth-order valence-electron chi connectivity index (χ4n) is 2.47. The normalized spacial score (nSPS) is 17.7. The molecular weight excluding hydrogens is 304 g/mol. The summed E-state index contributed by atoms with van der Waals surface area (Å²) in [6.07, 6.45) is 5.50. The van der Waals surface area contributed by atoms with Crippen LogP contribution in [0.1, 0.15) is 39.5 Å². The van der Waals surface area contributed by atoms with E-state index in [9.17, 15) is 8.42 Å². The third-order valence-electron chi connectivity index (χ3n) is 3.30. The fraction of sp³-hybridized carbons (Fsp3) is 0.750. The molecule has 0 unspecified atom stereocenters. The van der Waals surface area contributed by atoms with Crippen LogP contribution in [0.5, 0.6) is 0 Å². The zero-order valence-corrected chi connectivity index (χ0v) is 13.6. The maximum absolute atomic E-state index is 12.7. The largest absolute Gasteiger partial charge is 0.254 e. The predicted molar refractivity (Wildman–Crippen MR) is 78.1 cm³/mol. The van der Waals surface area contributed by atoms with Crippen LogP contribution in [0.3, 0.4) is 0 Å². The number of halogens is 1. The summed E-state index contributed by atoms with van der Waals surface area (Å²) in [6, 6.07) is 0.133. The average Bonchev–Trinajstić information content (AvgIpc) is 2.96. The first kappa shape index (κ1) is 15.2. The van der Waals surface area contributed by atoms with E-state index in [1.807, 2.05) is 13.8 Å². The zero-order valence-electron chi connectivity index (χ0n) is 11.2. The van der Waals surface area contributed by atoms with Crippen molar-refractivity contribution in [2.75, 3.05) is 6.54 Å². The first-order chi connectivity index (χ1) is 8.91. The highest BCUT2D eigenvalue weighted by Gasteiger charge is 2.34. The van der Waals surface area contributed by atoms with Gasteiger partial charge in [-0.05, 0) is 18.8 Å². The van der Waals surface area contributed by atoms with Crippen molar-refractivity contribution >= 4 is 33.0 Å². The van der Waals surface area contributed by atoms with E-state index in [-0.39, 0.29) is 14.7 Å². The SMILES string of the molecule is CC(C)CN(C1CCCC1)S(=O)(=O)c1cnc(Cl)s1. The molecule has 0 saturated heterocycles. The van der Waals surface area contributed by atoms with Crippen LogP contribution in [0.2, 0.25) is 4.47 Å². The molecule has 0 bridgehead atoms. The molecule has 1 heterocycles. The van der Waals surface area contributed by atoms with Crippen LogP contribution in [0.25, 0.3) is 0 Å². The van der Waals surface area contributed by atoms with Gasteiger partial charge in [0.15, 0.2) is 8.68 Å². The number of sulfonamides is 1. The first-order valence-electron chi connectivity index (χ1n) is 6.54. The number of thiazole rings is 1. The van der Waals surface area contributed by atoms with Gasteiger partial charge in [-0.15, -0.1) is 0 Å². The first-order valence-corrected chi connectivity index (χ1v) is 9.18. The summed E-state index contributed by atoms with van der Waals surface area (Å²) in [7, 11) is -3.45. The maximum Gasteiger partial charge on any atom is 0.254 e. The Morgan fingerprint density at radius 2 is 2.11 bits per heavy atom. The van der Waals surface area contributed by atoms with Gasteiger partial charge in [0.05, 0.1) is 6.20 Å². The molecule has 0 amide bonds. The maximum atomic E-state index is 12.7. The molecule has 0 spiro atoms. The number of hydrogen-bond donors (Lipinski definition) is 0. The summed E-state index contributed by atoms with van der Waals surface area (Å²) >= 11 is 6.79. The van der Waals surface area contributed by atoms with Crippen LogP contribution in [0.15, 0.2) is 10.4 Å². The fourth-order valence-corrected chi connectivity index (χ4v) is 5.74. The van der Waals surface area contributed by atoms with E-state index in [0.717, 1.165) is 37.0 Å². The summed E-state index contributed by atoms with van der Waals surface area (Å²) in [5, 5.41) is 0. The molecule has 2 rings (SSSR count). The van der Waals surface area contributed by atoms with Crippen LogP contribution >= 0.6 is 22.9 Å². The summed E-state index contributed by atoms with van der Waals surface area (Å²) in [5.41, 5.74) is 0. The Labute approximate surface area is 123 Å². The number of nitrogens with zero attached hydrogens (tertiary/aromatic N) is 2. The molecule has 0 N–H and O–H groups in total. The summed E-state index contributed by atoms with van der Waals surface area (Å²) in [6.45, 7) is 4.64. The van der Waals surface area contributed by atoms with Crippen molar-refractivity contribution in [3.05, 3.63) is 10.7 Å². The minimum Gasteiger partial charge on any atom is -0.232 e. The molecule has 0 atom stereocenters. The second-order valence-electron chi connectivity index (χ2n) is 5.34. The molecule has 1 saturated carbocycles. The van der Waals surface area contributed by atoms with E-state index in [1.165, 1.54) is 6.20 Å². The number of rotatable bonds is 5. The Morgan fingerprint density at radius 1 is 1.47 bits per heavy atom. The molecule has 0 aromatic carbocycles. The van der Waals surface area contributed by atoms with Crippen molar-refractivity contribution in [3.8, 4) is 0 Å². The molecule has 1 aromatic rings. The third kappa shape index (κ3) is 3.48.